The highest BCUT2D eigenvalue weighted by Crippen LogP contribution is 2.22. The highest BCUT2D eigenvalue weighted by atomic mass is 16.5. The molecule has 0 saturated heterocycles. The Labute approximate surface area is 133 Å². The largest absolute Gasteiger partial charge is 0.478 e. The second-order valence-electron chi connectivity index (χ2n) is 5.62. The molecule has 0 spiro atoms. The number of aryl methyl sites for hydroxylation is 1. The summed E-state index contributed by atoms with van der Waals surface area (Å²) in [6.07, 6.45) is 3.63. The van der Waals surface area contributed by atoms with E-state index in [-0.39, 0.29) is 5.91 Å². The van der Waals surface area contributed by atoms with E-state index < -0.39 is 5.60 Å². The van der Waals surface area contributed by atoms with Crippen molar-refractivity contribution in [3.63, 3.8) is 0 Å². The lowest BCUT2D eigenvalue weighted by atomic mass is 9.99. The standard InChI is InChI=1S/C17H28N2O3/c1-6-8-12-22-15-10-9-14(13(3)18-15)19-16(20)17(4,21-5)11-7-2/h9-10H,6-8,11-12H2,1-5H3,(H,19,20). The number of hydrogen-bond acceptors (Lipinski definition) is 4. The Morgan fingerprint density at radius 1 is 1.32 bits per heavy atom. The molecule has 1 atom stereocenters. The van der Waals surface area contributed by atoms with Crippen LogP contribution >= 0.6 is 0 Å². The van der Waals surface area contributed by atoms with Crippen LogP contribution in [0.25, 0.3) is 0 Å². The normalized spacial score (nSPS) is 13.5. The van der Waals surface area contributed by atoms with E-state index in [1.165, 1.54) is 0 Å². The van der Waals surface area contributed by atoms with Gasteiger partial charge in [-0.2, -0.15) is 0 Å². The summed E-state index contributed by atoms with van der Waals surface area (Å²) in [6, 6.07) is 3.60. The summed E-state index contributed by atoms with van der Waals surface area (Å²) in [5.74, 6) is 0.438. The van der Waals surface area contributed by atoms with Gasteiger partial charge >= 0.3 is 0 Å². The first-order chi connectivity index (χ1) is 10.5. The van der Waals surface area contributed by atoms with Gasteiger partial charge in [0.25, 0.3) is 5.91 Å². The molecule has 1 aromatic rings. The Morgan fingerprint density at radius 3 is 2.59 bits per heavy atom. The van der Waals surface area contributed by atoms with Crippen molar-refractivity contribution in [2.45, 2.75) is 59.0 Å². The SMILES string of the molecule is CCCCOc1ccc(NC(=O)C(C)(CCC)OC)c(C)n1. The van der Waals surface area contributed by atoms with Crippen molar-refractivity contribution >= 4 is 11.6 Å². The average molecular weight is 308 g/mol. The summed E-state index contributed by atoms with van der Waals surface area (Å²) in [5.41, 5.74) is 0.599. The fraction of sp³-hybridized carbons (Fsp3) is 0.647. The van der Waals surface area contributed by atoms with Crippen molar-refractivity contribution in [1.29, 1.82) is 0 Å². The summed E-state index contributed by atoms with van der Waals surface area (Å²) in [4.78, 5) is 16.8. The van der Waals surface area contributed by atoms with E-state index in [1.807, 2.05) is 19.9 Å². The molecule has 0 aliphatic carbocycles. The van der Waals surface area contributed by atoms with Crippen LogP contribution < -0.4 is 10.1 Å². The van der Waals surface area contributed by atoms with Gasteiger partial charge in [-0.1, -0.05) is 26.7 Å². The maximum Gasteiger partial charge on any atom is 0.256 e. The zero-order valence-electron chi connectivity index (χ0n) is 14.4. The number of aromatic nitrogens is 1. The van der Waals surface area contributed by atoms with Crippen LogP contribution in [0.4, 0.5) is 5.69 Å². The molecule has 0 bridgehead atoms. The smallest absolute Gasteiger partial charge is 0.256 e. The van der Waals surface area contributed by atoms with Crippen molar-refractivity contribution in [3.8, 4) is 5.88 Å². The van der Waals surface area contributed by atoms with Crippen molar-refractivity contribution in [2.75, 3.05) is 19.0 Å². The molecule has 1 aromatic heterocycles. The highest BCUT2D eigenvalue weighted by molar-refractivity contribution is 5.97. The molecule has 22 heavy (non-hydrogen) atoms. The van der Waals surface area contributed by atoms with Crippen LogP contribution in [0.5, 0.6) is 5.88 Å². The molecule has 0 aromatic carbocycles. The fourth-order valence-corrected chi connectivity index (χ4v) is 2.11. The van der Waals surface area contributed by atoms with E-state index in [1.54, 1.807) is 20.1 Å². The van der Waals surface area contributed by atoms with Gasteiger partial charge in [-0.25, -0.2) is 4.98 Å². The van der Waals surface area contributed by atoms with Crippen molar-refractivity contribution in [3.05, 3.63) is 17.8 Å². The van der Waals surface area contributed by atoms with Gasteiger partial charge in [-0.3, -0.25) is 4.79 Å². The van der Waals surface area contributed by atoms with Gasteiger partial charge in [-0.05, 0) is 32.8 Å². The first kappa shape index (κ1) is 18.4. The molecule has 5 nitrogen and oxygen atoms in total. The zero-order valence-corrected chi connectivity index (χ0v) is 14.4. The van der Waals surface area contributed by atoms with Gasteiger partial charge in [-0.15, -0.1) is 0 Å². The second kappa shape index (κ2) is 8.73. The Morgan fingerprint density at radius 2 is 2.05 bits per heavy atom. The molecular formula is C17H28N2O3. The van der Waals surface area contributed by atoms with Crippen molar-refractivity contribution in [1.82, 2.24) is 4.98 Å². The number of carbonyl (C=O) groups is 1. The van der Waals surface area contributed by atoms with Gasteiger partial charge in [0.05, 0.1) is 18.0 Å². The molecule has 1 heterocycles. The van der Waals surface area contributed by atoms with Crippen LogP contribution in [-0.4, -0.2) is 30.2 Å². The topological polar surface area (TPSA) is 60.5 Å². The first-order valence-corrected chi connectivity index (χ1v) is 7.93. The average Bonchev–Trinajstić information content (AvgIpc) is 2.50. The lowest BCUT2D eigenvalue weighted by molar-refractivity contribution is -0.136. The Balaban J connectivity index is 2.75. The third-order valence-electron chi connectivity index (χ3n) is 3.71. The number of unbranched alkanes of at least 4 members (excludes halogenated alkanes) is 1. The number of pyridine rings is 1. The van der Waals surface area contributed by atoms with E-state index >= 15 is 0 Å². The quantitative estimate of drug-likeness (QED) is 0.706. The molecule has 0 aliphatic heterocycles. The summed E-state index contributed by atoms with van der Waals surface area (Å²) in [7, 11) is 1.56. The summed E-state index contributed by atoms with van der Waals surface area (Å²) < 4.78 is 10.9. The summed E-state index contributed by atoms with van der Waals surface area (Å²) >= 11 is 0. The van der Waals surface area contributed by atoms with E-state index in [4.69, 9.17) is 9.47 Å². The fourth-order valence-electron chi connectivity index (χ4n) is 2.11. The monoisotopic (exact) mass is 308 g/mol. The molecule has 1 unspecified atom stereocenters. The number of methoxy groups -OCH3 is 1. The lowest BCUT2D eigenvalue weighted by Crippen LogP contribution is -2.42. The maximum atomic E-state index is 12.4. The van der Waals surface area contributed by atoms with Gasteiger partial charge in [0.2, 0.25) is 5.88 Å². The Kier molecular flexibility index (Phi) is 7.32. The number of nitrogens with zero attached hydrogens (tertiary/aromatic N) is 1. The third-order valence-corrected chi connectivity index (χ3v) is 3.71. The molecule has 1 amide bonds. The number of carbonyl (C=O) groups excluding carboxylic acids is 1. The van der Waals surface area contributed by atoms with Crippen LogP contribution in [0, 0.1) is 6.92 Å². The van der Waals surface area contributed by atoms with E-state index in [9.17, 15) is 4.79 Å². The molecule has 5 heteroatoms. The third kappa shape index (κ3) is 4.98. The van der Waals surface area contributed by atoms with Crippen LogP contribution in [0.2, 0.25) is 0 Å². The van der Waals surface area contributed by atoms with Crippen LogP contribution in [0.3, 0.4) is 0 Å². The van der Waals surface area contributed by atoms with Crippen LogP contribution in [0.15, 0.2) is 12.1 Å². The summed E-state index contributed by atoms with van der Waals surface area (Å²) in [5, 5.41) is 2.90. The van der Waals surface area contributed by atoms with Crippen molar-refractivity contribution in [2.24, 2.45) is 0 Å². The predicted octanol–water partition coefficient (Wildman–Crippen LogP) is 3.71. The number of ether oxygens (including phenoxy) is 2. The van der Waals surface area contributed by atoms with Gasteiger partial charge in [0, 0.05) is 13.2 Å². The molecule has 0 radical (unpaired) electrons. The number of rotatable bonds is 9. The number of anilines is 1. The van der Waals surface area contributed by atoms with E-state index in [0.717, 1.165) is 25.0 Å². The summed E-state index contributed by atoms with van der Waals surface area (Å²) in [6.45, 7) is 8.46. The van der Waals surface area contributed by atoms with E-state index in [2.05, 4.69) is 17.2 Å². The van der Waals surface area contributed by atoms with Gasteiger partial charge in [0.15, 0.2) is 0 Å². The Bertz CT molecular complexity index is 491. The first-order valence-electron chi connectivity index (χ1n) is 7.93. The molecule has 0 aliphatic rings. The highest BCUT2D eigenvalue weighted by Gasteiger charge is 2.32. The lowest BCUT2D eigenvalue weighted by Gasteiger charge is -2.26. The molecule has 1 N–H and O–H groups in total. The molecular weight excluding hydrogens is 280 g/mol. The molecule has 0 saturated carbocycles. The minimum atomic E-state index is -0.822. The van der Waals surface area contributed by atoms with Crippen LogP contribution in [-0.2, 0) is 9.53 Å². The van der Waals surface area contributed by atoms with Gasteiger partial charge in [0.1, 0.15) is 5.60 Å². The molecule has 0 fully saturated rings. The van der Waals surface area contributed by atoms with E-state index in [0.29, 0.717) is 24.6 Å². The van der Waals surface area contributed by atoms with Crippen molar-refractivity contribution < 1.29 is 14.3 Å². The van der Waals surface area contributed by atoms with Crippen LogP contribution in [0.1, 0.15) is 52.1 Å². The second-order valence-corrected chi connectivity index (χ2v) is 5.62. The molecule has 1 rings (SSSR count). The minimum absolute atomic E-state index is 0.151. The van der Waals surface area contributed by atoms with Gasteiger partial charge < -0.3 is 14.8 Å². The zero-order chi connectivity index (χ0) is 16.6. The maximum absolute atomic E-state index is 12.4. The Hall–Kier alpha value is -1.62. The molecule has 124 valence electrons. The number of hydrogen-bond donors (Lipinski definition) is 1. The minimum Gasteiger partial charge on any atom is -0.478 e. The predicted molar refractivity (Wildman–Crippen MR) is 88.3 cm³/mol. The number of amides is 1. The number of nitrogens with one attached hydrogen (secondary N) is 1.